The van der Waals surface area contributed by atoms with Crippen LogP contribution in [0, 0.1) is 0 Å². The van der Waals surface area contributed by atoms with Crippen LogP contribution >= 0.6 is 0 Å². The lowest BCUT2D eigenvalue weighted by molar-refractivity contribution is -0.157. The molecule has 0 heterocycles. The summed E-state index contributed by atoms with van der Waals surface area (Å²) < 4.78 is 10.4. The molecule has 116 valence electrons. The summed E-state index contributed by atoms with van der Waals surface area (Å²) >= 11 is 0. The van der Waals surface area contributed by atoms with Gasteiger partial charge in [-0.2, -0.15) is 0 Å². The number of amides is 1. The van der Waals surface area contributed by atoms with Gasteiger partial charge < -0.3 is 14.8 Å². The molecule has 0 aliphatic carbocycles. The van der Waals surface area contributed by atoms with Gasteiger partial charge in [-0.05, 0) is 54.9 Å². The maximum Gasteiger partial charge on any atom is 0.408 e. The average Bonchev–Trinajstić information content (AvgIpc) is 2.09. The summed E-state index contributed by atoms with van der Waals surface area (Å²) in [6.07, 6.45) is -0.330. The number of rotatable bonds is 4. The molecule has 20 heavy (non-hydrogen) atoms. The fourth-order valence-electron chi connectivity index (χ4n) is 1.36. The summed E-state index contributed by atoms with van der Waals surface area (Å²) in [4.78, 5) is 23.8. The molecule has 0 aromatic heterocycles. The van der Waals surface area contributed by atoms with Crippen molar-refractivity contribution in [1.29, 1.82) is 0 Å². The first-order chi connectivity index (χ1) is 8.80. The van der Waals surface area contributed by atoms with Crippen LogP contribution in [0.2, 0.25) is 0 Å². The largest absolute Gasteiger partial charge is 0.458 e. The number of hydrogen-bond donors (Lipinski definition) is 1. The smallest absolute Gasteiger partial charge is 0.408 e. The Morgan fingerprint density at radius 2 is 1.50 bits per heavy atom. The molecule has 0 bridgehead atoms. The van der Waals surface area contributed by atoms with Crippen molar-refractivity contribution in [2.24, 2.45) is 0 Å². The van der Waals surface area contributed by atoms with Crippen molar-refractivity contribution in [2.75, 3.05) is 0 Å². The van der Waals surface area contributed by atoms with E-state index in [-0.39, 0.29) is 0 Å². The van der Waals surface area contributed by atoms with Crippen LogP contribution in [0.3, 0.4) is 0 Å². The third-order valence-corrected chi connectivity index (χ3v) is 1.93. The first-order valence-corrected chi connectivity index (χ1v) is 6.67. The van der Waals surface area contributed by atoms with Crippen LogP contribution in [0.4, 0.5) is 4.79 Å². The van der Waals surface area contributed by atoms with Gasteiger partial charge in [-0.3, -0.25) is 0 Å². The van der Waals surface area contributed by atoms with E-state index in [0.29, 0.717) is 6.42 Å². The molecule has 0 spiro atoms. The summed E-state index contributed by atoms with van der Waals surface area (Å²) in [5, 5.41) is 2.53. The van der Waals surface area contributed by atoms with E-state index in [1.807, 2.05) is 0 Å². The Morgan fingerprint density at radius 1 is 1.05 bits per heavy atom. The summed E-state index contributed by atoms with van der Waals surface area (Å²) in [6, 6.07) is -0.790. The van der Waals surface area contributed by atoms with Crippen LogP contribution in [0.15, 0.2) is 12.2 Å². The van der Waals surface area contributed by atoms with Crippen molar-refractivity contribution in [1.82, 2.24) is 5.32 Å². The van der Waals surface area contributed by atoms with E-state index in [9.17, 15) is 9.59 Å². The second-order valence-electron chi connectivity index (χ2n) is 6.89. The van der Waals surface area contributed by atoms with Crippen molar-refractivity contribution in [3.05, 3.63) is 12.2 Å². The normalized spacial score (nSPS) is 13.3. The molecule has 0 fully saturated rings. The minimum Gasteiger partial charge on any atom is -0.458 e. The van der Waals surface area contributed by atoms with E-state index >= 15 is 0 Å². The summed E-state index contributed by atoms with van der Waals surface area (Å²) in [6.45, 7) is 16.1. The molecule has 0 aliphatic heterocycles. The van der Waals surface area contributed by atoms with Crippen molar-refractivity contribution in [2.45, 2.75) is 72.1 Å². The average molecular weight is 285 g/mol. The Morgan fingerprint density at radius 3 is 1.85 bits per heavy atom. The molecule has 5 heteroatoms. The monoisotopic (exact) mass is 285 g/mol. The van der Waals surface area contributed by atoms with Crippen molar-refractivity contribution >= 4 is 12.1 Å². The summed E-state index contributed by atoms with van der Waals surface area (Å²) in [5.41, 5.74) is -0.455. The van der Waals surface area contributed by atoms with Crippen LogP contribution in [-0.4, -0.2) is 29.3 Å². The molecule has 5 nitrogen and oxygen atoms in total. The number of esters is 1. The molecule has 0 aliphatic rings. The number of alkyl carbamates (subject to hydrolysis) is 1. The van der Waals surface area contributed by atoms with E-state index in [2.05, 4.69) is 11.9 Å². The molecule has 0 saturated heterocycles. The Balaban J connectivity index is 4.77. The minimum atomic E-state index is -0.790. The first-order valence-electron chi connectivity index (χ1n) is 6.67. The lowest BCUT2D eigenvalue weighted by atomic mass is 10.1. The standard InChI is InChI=1S/C15H27NO4/c1-10(2)9-11(12(17)19-14(3,4)5)16-13(18)20-15(6,7)8/h11H,1,9H2,2-8H3,(H,16,18)/t11-/m0/s1. The highest BCUT2D eigenvalue weighted by Gasteiger charge is 2.28. The van der Waals surface area contributed by atoms with Crippen molar-refractivity contribution in [3.8, 4) is 0 Å². The molecule has 0 rings (SSSR count). The maximum atomic E-state index is 12.1. The third kappa shape index (κ3) is 9.42. The van der Waals surface area contributed by atoms with Gasteiger partial charge in [-0.1, -0.05) is 5.57 Å². The highest BCUT2D eigenvalue weighted by atomic mass is 16.6. The van der Waals surface area contributed by atoms with Crippen molar-refractivity contribution in [3.63, 3.8) is 0 Å². The second-order valence-corrected chi connectivity index (χ2v) is 6.89. The van der Waals surface area contributed by atoms with E-state index in [1.54, 1.807) is 48.5 Å². The SMILES string of the molecule is C=C(C)C[C@H](NC(=O)OC(C)(C)C)C(=O)OC(C)(C)C. The highest BCUT2D eigenvalue weighted by molar-refractivity contribution is 5.82. The Labute approximate surface area is 121 Å². The van der Waals surface area contributed by atoms with Gasteiger partial charge in [0.05, 0.1) is 0 Å². The zero-order chi connectivity index (χ0) is 16.1. The number of hydrogen-bond acceptors (Lipinski definition) is 4. The number of nitrogens with one attached hydrogen (secondary N) is 1. The predicted octanol–water partition coefficient (Wildman–Crippen LogP) is 3.19. The van der Waals surface area contributed by atoms with Crippen molar-refractivity contribution < 1.29 is 19.1 Å². The molecule has 1 amide bonds. The van der Waals surface area contributed by atoms with Crippen LogP contribution in [0.1, 0.15) is 54.9 Å². The number of carbonyl (C=O) groups excluding carboxylic acids is 2. The van der Waals surface area contributed by atoms with Crippen LogP contribution in [0.5, 0.6) is 0 Å². The van der Waals surface area contributed by atoms with E-state index < -0.39 is 29.3 Å². The first kappa shape index (κ1) is 18.5. The number of ether oxygens (including phenoxy) is 2. The van der Waals surface area contributed by atoms with Gasteiger partial charge in [-0.15, -0.1) is 6.58 Å². The van der Waals surface area contributed by atoms with Gasteiger partial charge >= 0.3 is 12.1 Å². The molecule has 1 atom stereocenters. The molecule has 0 unspecified atom stereocenters. The highest BCUT2D eigenvalue weighted by Crippen LogP contribution is 2.13. The quantitative estimate of drug-likeness (QED) is 0.636. The van der Waals surface area contributed by atoms with Gasteiger partial charge in [0.2, 0.25) is 0 Å². The molecular formula is C15H27NO4. The Kier molecular flexibility index (Phi) is 6.26. The lowest BCUT2D eigenvalue weighted by Gasteiger charge is -2.26. The van der Waals surface area contributed by atoms with Crippen LogP contribution < -0.4 is 5.32 Å². The zero-order valence-corrected chi connectivity index (χ0v) is 13.6. The summed E-state index contributed by atoms with van der Waals surface area (Å²) in [5.74, 6) is -0.494. The third-order valence-electron chi connectivity index (χ3n) is 1.93. The van der Waals surface area contributed by atoms with E-state index in [0.717, 1.165) is 5.57 Å². The van der Waals surface area contributed by atoms with Gasteiger partial charge in [0.25, 0.3) is 0 Å². The van der Waals surface area contributed by atoms with Gasteiger partial charge in [0.1, 0.15) is 17.2 Å². The lowest BCUT2D eigenvalue weighted by Crippen LogP contribution is -2.46. The molecule has 0 aromatic carbocycles. The molecule has 0 radical (unpaired) electrons. The Bertz CT molecular complexity index is 374. The minimum absolute atomic E-state index is 0.314. The second kappa shape index (κ2) is 6.77. The van der Waals surface area contributed by atoms with E-state index in [1.165, 1.54) is 0 Å². The molecule has 0 saturated carbocycles. The van der Waals surface area contributed by atoms with Crippen LogP contribution in [-0.2, 0) is 14.3 Å². The van der Waals surface area contributed by atoms with Gasteiger partial charge in [0, 0.05) is 0 Å². The van der Waals surface area contributed by atoms with Crippen LogP contribution in [0.25, 0.3) is 0 Å². The Hall–Kier alpha value is -1.52. The van der Waals surface area contributed by atoms with E-state index in [4.69, 9.17) is 9.47 Å². The molecule has 0 aromatic rings. The maximum absolute atomic E-state index is 12.1. The number of carbonyl (C=O) groups is 2. The topological polar surface area (TPSA) is 64.6 Å². The van der Waals surface area contributed by atoms with Gasteiger partial charge in [-0.25, -0.2) is 9.59 Å². The summed E-state index contributed by atoms with van der Waals surface area (Å²) in [7, 11) is 0. The molecular weight excluding hydrogens is 258 g/mol. The van der Waals surface area contributed by atoms with Gasteiger partial charge in [0.15, 0.2) is 0 Å². The molecule has 1 N–H and O–H groups in total. The zero-order valence-electron chi connectivity index (χ0n) is 13.6. The fourth-order valence-corrected chi connectivity index (χ4v) is 1.36. The fraction of sp³-hybridized carbons (Fsp3) is 0.733. The predicted molar refractivity (Wildman–Crippen MR) is 78.4 cm³/mol.